The van der Waals surface area contributed by atoms with Gasteiger partial charge in [0.25, 0.3) is 11.8 Å². The first-order valence-electron chi connectivity index (χ1n) is 10.9. The molecular formula is C21H20F5N3O4. The first-order chi connectivity index (χ1) is 16.5. The van der Waals surface area contributed by atoms with Gasteiger partial charge in [0.2, 0.25) is 5.82 Å². The summed E-state index contributed by atoms with van der Waals surface area (Å²) >= 11 is 0. The minimum absolute atomic E-state index is 0.0660. The third-order valence-corrected chi connectivity index (χ3v) is 5.75. The molecule has 12 heteroatoms. The quantitative estimate of drug-likeness (QED) is 0.643. The molecule has 1 fully saturated rings. The van der Waals surface area contributed by atoms with Gasteiger partial charge < -0.3 is 20.5 Å². The highest BCUT2D eigenvalue weighted by Gasteiger charge is 2.65. The maximum atomic E-state index is 14.6. The molecule has 0 radical (unpaired) electrons. The lowest BCUT2D eigenvalue weighted by Crippen LogP contribution is -2.47. The third kappa shape index (κ3) is 4.22. The Morgan fingerprint density at radius 3 is 2.61 bits per heavy atom. The van der Waals surface area contributed by atoms with Crippen LogP contribution in [0, 0.1) is 17.6 Å². The smallest absolute Gasteiger partial charge is 0.417 e. The highest BCUT2D eigenvalue weighted by Crippen LogP contribution is 2.55. The van der Waals surface area contributed by atoms with Crippen LogP contribution in [0.25, 0.3) is 0 Å². The maximum absolute atomic E-state index is 14.6. The first kappa shape index (κ1) is 20.3. The number of rotatable bonds is 5. The zero-order valence-electron chi connectivity index (χ0n) is 20.2. The normalized spacial score (nSPS) is 26.8. The number of pyridine rings is 1. The van der Waals surface area contributed by atoms with E-state index in [-0.39, 0.29) is 11.4 Å². The van der Waals surface area contributed by atoms with Crippen LogP contribution in [0.15, 0.2) is 30.5 Å². The molecule has 33 heavy (non-hydrogen) atoms. The summed E-state index contributed by atoms with van der Waals surface area (Å²) in [5.74, 6) is -9.76. The first-order valence-corrected chi connectivity index (χ1v) is 9.44. The van der Waals surface area contributed by atoms with Crippen molar-refractivity contribution in [3.63, 3.8) is 0 Å². The highest BCUT2D eigenvalue weighted by molar-refractivity contribution is 5.97. The van der Waals surface area contributed by atoms with Crippen molar-refractivity contribution < 1.29 is 45.1 Å². The largest absolute Gasteiger partial charge is 0.493 e. The number of primary amides is 1. The van der Waals surface area contributed by atoms with Crippen molar-refractivity contribution in [3.8, 4) is 5.75 Å². The number of nitrogens with one attached hydrogen (secondary N) is 1. The molecule has 4 atom stereocenters. The Labute approximate surface area is 189 Å². The van der Waals surface area contributed by atoms with Crippen molar-refractivity contribution in [1.29, 1.82) is 0 Å². The summed E-state index contributed by atoms with van der Waals surface area (Å²) in [4.78, 5) is 28.2. The number of ether oxygens (including phenoxy) is 2. The van der Waals surface area contributed by atoms with Crippen LogP contribution in [0.1, 0.15) is 39.9 Å². The second-order valence-electron chi connectivity index (χ2n) is 7.62. The van der Waals surface area contributed by atoms with Gasteiger partial charge in [-0.3, -0.25) is 14.6 Å². The SMILES string of the molecule is [2H]C([2H])([2H])Oc1c([C@@H]2[C@@H](C)[C@](C)(C(F)(F)F)O[C@H]2C(=O)Nc2ccnc(C(N)=O)c2)ccc(F)c1F. The number of benzene rings is 1. The van der Waals surface area contributed by atoms with Gasteiger partial charge in [-0.25, -0.2) is 4.39 Å². The molecule has 3 rings (SSSR count). The molecule has 7 nitrogen and oxygen atoms in total. The second kappa shape index (κ2) is 8.58. The number of nitrogens with zero attached hydrogens (tertiary/aromatic N) is 1. The van der Waals surface area contributed by atoms with Crippen LogP contribution in [0.4, 0.5) is 27.6 Å². The molecule has 1 aromatic carbocycles. The third-order valence-electron chi connectivity index (χ3n) is 5.75. The summed E-state index contributed by atoms with van der Waals surface area (Å²) in [6, 6.07) is 3.70. The Balaban J connectivity index is 2.12. The van der Waals surface area contributed by atoms with Gasteiger partial charge >= 0.3 is 6.18 Å². The maximum Gasteiger partial charge on any atom is 0.417 e. The summed E-state index contributed by atoms with van der Waals surface area (Å²) < 4.78 is 102. The molecule has 1 aliphatic rings. The highest BCUT2D eigenvalue weighted by atomic mass is 19.4. The van der Waals surface area contributed by atoms with Crippen molar-refractivity contribution in [2.75, 3.05) is 12.4 Å². The lowest BCUT2D eigenvalue weighted by atomic mass is 9.77. The van der Waals surface area contributed by atoms with E-state index < -0.39 is 71.5 Å². The van der Waals surface area contributed by atoms with E-state index >= 15 is 0 Å². The van der Waals surface area contributed by atoms with E-state index in [1.807, 2.05) is 0 Å². The molecule has 2 heterocycles. The van der Waals surface area contributed by atoms with Crippen molar-refractivity contribution in [2.24, 2.45) is 11.7 Å². The minimum Gasteiger partial charge on any atom is -0.493 e. The fourth-order valence-corrected chi connectivity index (χ4v) is 3.79. The van der Waals surface area contributed by atoms with E-state index in [1.54, 1.807) is 0 Å². The Kier molecular flexibility index (Phi) is 5.29. The number of alkyl halides is 3. The van der Waals surface area contributed by atoms with Gasteiger partial charge in [-0.1, -0.05) is 13.0 Å². The molecule has 3 N–H and O–H groups in total. The molecular weight excluding hydrogens is 453 g/mol. The number of nitrogens with two attached hydrogens (primary N) is 1. The van der Waals surface area contributed by atoms with Crippen molar-refractivity contribution in [2.45, 2.75) is 37.6 Å². The predicted octanol–water partition coefficient (Wildman–Crippen LogP) is 3.55. The van der Waals surface area contributed by atoms with Gasteiger partial charge in [0.05, 0.1) is 11.2 Å². The van der Waals surface area contributed by atoms with Crippen molar-refractivity contribution in [3.05, 3.63) is 53.4 Å². The van der Waals surface area contributed by atoms with Crippen LogP contribution in [0.2, 0.25) is 0 Å². The van der Waals surface area contributed by atoms with Crippen LogP contribution < -0.4 is 15.8 Å². The van der Waals surface area contributed by atoms with Crippen molar-refractivity contribution in [1.82, 2.24) is 4.98 Å². The number of amides is 2. The van der Waals surface area contributed by atoms with Gasteiger partial charge in [0.1, 0.15) is 11.8 Å². The number of hydrogen-bond donors (Lipinski definition) is 2. The van der Waals surface area contributed by atoms with Gasteiger partial charge in [0.15, 0.2) is 17.2 Å². The Morgan fingerprint density at radius 1 is 1.30 bits per heavy atom. The lowest BCUT2D eigenvalue weighted by molar-refractivity contribution is -0.272. The Morgan fingerprint density at radius 2 is 2.00 bits per heavy atom. The van der Waals surface area contributed by atoms with Crippen LogP contribution in [0.5, 0.6) is 5.75 Å². The lowest BCUT2D eigenvalue weighted by Gasteiger charge is -2.32. The Bertz CT molecular complexity index is 1190. The fourth-order valence-electron chi connectivity index (χ4n) is 3.79. The van der Waals surface area contributed by atoms with Gasteiger partial charge in [-0.15, -0.1) is 0 Å². The van der Waals surface area contributed by atoms with Crippen LogP contribution >= 0.6 is 0 Å². The second-order valence-corrected chi connectivity index (χ2v) is 7.62. The van der Waals surface area contributed by atoms with E-state index in [9.17, 15) is 31.5 Å². The molecule has 2 amide bonds. The minimum atomic E-state index is -5.01. The molecule has 1 aliphatic heterocycles. The topological polar surface area (TPSA) is 104 Å². The van der Waals surface area contributed by atoms with E-state index in [4.69, 9.17) is 14.6 Å². The number of anilines is 1. The zero-order valence-corrected chi connectivity index (χ0v) is 17.2. The average Bonchev–Trinajstić information content (AvgIpc) is 3.03. The summed E-state index contributed by atoms with van der Waals surface area (Å²) in [5, 5.41) is 2.28. The average molecular weight is 476 g/mol. The van der Waals surface area contributed by atoms with Gasteiger partial charge in [0, 0.05) is 29.3 Å². The summed E-state index contributed by atoms with van der Waals surface area (Å²) in [7, 11) is -3.29. The number of carbonyl (C=O) groups is 2. The molecule has 178 valence electrons. The standard InChI is InChI=1S/C21H20F5N3O4/c1-9-14(11-4-5-12(22)15(23)16(11)32-3)17(33-20(9,2)21(24,25)26)19(31)29-10-6-7-28-13(8-10)18(27)30/h4-9,14,17H,1-3H3,(H2,27,30)(H,28,29,31)/t9-,14+,17-,20-/m1/s1/i3D3. The van der Waals surface area contributed by atoms with Crippen molar-refractivity contribution >= 4 is 17.5 Å². The van der Waals surface area contributed by atoms with E-state index in [2.05, 4.69) is 15.0 Å². The van der Waals surface area contributed by atoms with Gasteiger partial charge in [-0.05, 0) is 25.1 Å². The molecule has 2 aromatic rings. The molecule has 1 saturated heterocycles. The number of hydrogen-bond acceptors (Lipinski definition) is 5. The number of carbonyl (C=O) groups excluding carboxylic acids is 2. The predicted molar refractivity (Wildman–Crippen MR) is 106 cm³/mol. The molecule has 0 saturated carbocycles. The van der Waals surface area contributed by atoms with Crippen LogP contribution in [0.3, 0.4) is 0 Å². The summed E-state index contributed by atoms with van der Waals surface area (Å²) in [5.41, 5.74) is 1.36. The number of methoxy groups -OCH3 is 1. The monoisotopic (exact) mass is 476 g/mol. The molecule has 0 aliphatic carbocycles. The van der Waals surface area contributed by atoms with Crippen LogP contribution in [-0.2, 0) is 9.53 Å². The van der Waals surface area contributed by atoms with Crippen LogP contribution in [-0.4, -0.2) is 41.7 Å². The molecule has 0 unspecified atom stereocenters. The van der Waals surface area contributed by atoms with E-state index in [0.717, 1.165) is 25.3 Å². The van der Waals surface area contributed by atoms with Gasteiger partial charge in [-0.2, -0.15) is 17.6 Å². The molecule has 1 aromatic heterocycles. The van der Waals surface area contributed by atoms with E-state index in [0.29, 0.717) is 13.0 Å². The number of aromatic nitrogens is 1. The number of halogens is 5. The van der Waals surface area contributed by atoms with E-state index in [1.165, 1.54) is 6.07 Å². The summed E-state index contributed by atoms with van der Waals surface area (Å²) in [6.45, 7) is 1.75. The Hall–Kier alpha value is -3.28. The molecule has 0 spiro atoms. The summed E-state index contributed by atoms with van der Waals surface area (Å²) in [6.07, 6.45) is -5.87. The molecule has 0 bridgehead atoms. The zero-order chi connectivity index (χ0) is 27.2. The fraction of sp³-hybridized carbons (Fsp3) is 0.381.